The molecule has 3 aromatic rings. The Hall–Kier alpha value is -3.93. The van der Waals surface area contributed by atoms with Crippen LogP contribution in [0.25, 0.3) is 11.1 Å². The Labute approximate surface area is 275 Å². The Kier molecular flexibility index (Phi) is 9.49. The van der Waals surface area contributed by atoms with E-state index in [2.05, 4.69) is 68.7 Å². The Morgan fingerprint density at radius 3 is 2.00 bits per heavy atom. The van der Waals surface area contributed by atoms with Gasteiger partial charge in [-0.2, -0.15) is 0 Å². The minimum Gasteiger partial charge on any atom is -0.351 e. The van der Waals surface area contributed by atoms with E-state index in [1.54, 1.807) is 11.9 Å². The van der Waals surface area contributed by atoms with Gasteiger partial charge in [0.25, 0.3) is 5.91 Å². The van der Waals surface area contributed by atoms with Crippen molar-refractivity contribution >= 4 is 17.7 Å². The number of benzene rings is 3. The van der Waals surface area contributed by atoms with E-state index < -0.39 is 11.5 Å². The van der Waals surface area contributed by atoms with Gasteiger partial charge < -0.3 is 15.5 Å². The minimum absolute atomic E-state index is 0.0114. The van der Waals surface area contributed by atoms with Crippen LogP contribution in [-0.4, -0.2) is 42.3 Å². The quantitative estimate of drug-likeness (QED) is 0.256. The highest BCUT2D eigenvalue weighted by atomic mass is 16.2. The lowest BCUT2D eigenvalue weighted by Gasteiger charge is -2.52. The van der Waals surface area contributed by atoms with Gasteiger partial charge in [0, 0.05) is 30.6 Å². The monoisotopic (exact) mass is 621 g/mol. The third kappa shape index (κ3) is 6.77. The van der Waals surface area contributed by atoms with Crippen LogP contribution in [0, 0.1) is 17.8 Å². The minimum atomic E-state index is -0.712. The van der Waals surface area contributed by atoms with Crippen LogP contribution in [0.15, 0.2) is 72.8 Å². The number of hydrogen-bond acceptors (Lipinski definition) is 3. The van der Waals surface area contributed by atoms with Gasteiger partial charge >= 0.3 is 0 Å². The molecule has 0 aromatic heterocycles. The SMILES string of the molecule is Cc1cccc(C(=O)NCC23CCC(C(=O)N[C@H](C(=O)N(C)C(C)C)c4ccccc4)(CC2)CC3)c1-c1ccc(C(C)(C)C)cc1. The van der Waals surface area contributed by atoms with Crippen LogP contribution in [0.2, 0.25) is 0 Å². The van der Waals surface area contributed by atoms with Crippen LogP contribution >= 0.6 is 0 Å². The molecular weight excluding hydrogens is 570 g/mol. The molecule has 46 heavy (non-hydrogen) atoms. The Balaban J connectivity index is 1.26. The van der Waals surface area contributed by atoms with E-state index in [9.17, 15) is 14.4 Å². The van der Waals surface area contributed by atoms with Gasteiger partial charge in [0.1, 0.15) is 6.04 Å². The van der Waals surface area contributed by atoms with E-state index in [0.29, 0.717) is 12.1 Å². The molecule has 0 radical (unpaired) electrons. The molecule has 2 N–H and O–H groups in total. The number of hydrogen-bond donors (Lipinski definition) is 2. The number of aryl methyl sites for hydroxylation is 1. The van der Waals surface area contributed by atoms with Crippen molar-refractivity contribution in [3.63, 3.8) is 0 Å². The van der Waals surface area contributed by atoms with Gasteiger partial charge in [-0.05, 0) is 104 Å². The van der Waals surface area contributed by atoms with Crippen LogP contribution in [0.4, 0.5) is 0 Å². The second-order valence-corrected chi connectivity index (χ2v) is 15.1. The molecule has 3 fully saturated rings. The van der Waals surface area contributed by atoms with Gasteiger partial charge in [0.05, 0.1) is 0 Å². The lowest BCUT2D eigenvalue weighted by Crippen LogP contribution is -2.55. The maximum Gasteiger partial charge on any atom is 0.251 e. The molecular formula is C40H51N3O3. The highest BCUT2D eigenvalue weighted by Gasteiger charge is 2.53. The summed E-state index contributed by atoms with van der Waals surface area (Å²) < 4.78 is 0. The molecule has 0 saturated heterocycles. The van der Waals surface area contributed by atoms with E-state index in [4.69, 9.17) is 0 Å². The first-order valence-electron chi connectivity index (χ1n) is 16.9. The van der Waals surface area contributed by atoms with Gasteiger partial charge in [-0.15, -0.1) is 0 Å². The fourth-order valence-corrected chi connectivity index (χ4v) is 7.28. The van der Waals surface area contributed by atoms with Crippen LogP contribution in [0.1, 0.15) is 106 Å². The molecule has 0 spiro atoms. The molecule has 0 unspecified atom stereocenters. The molecule has 244 valence electrons. The third-order valence-corrected chi connectivity index (χ3v) is 10.8. The Morgan fingerprint density at radius 1 is 0.826 bits per heavy atom. The zero-order valence-corrected chi connectivity index (χ0v) is 28.7. The summed E-state index contributed by atoms with van der Waals surface area (Å²) in [4.78, 5) is 42.8. The molecule has 2 bridgehead atoms. The molecule has 1 atom stereocenters. The van der Waals surface area contributed by atoms with Crippen molar-refractivity contribution in [2.45, 2.75) is 97.6 Å². The summed E-state index contributed by atoms with van der Waals surface area (Å²) in [6.07, 6.45) is 4.93. The molecule has 3 aromatic carbocycles. The predicted octanol–water partition coefficient (Wildman–Crippen LogP) is 7.75. The highest BCUT2D eigenvalue weighted by molar-refractivity contribution is 6.01. The van der Waals surface area contributed by atoms with Crippen LogP contribution in [-0.2, 0) is 15.0 Å². The number of nitrogens with zero attached hydrogens (tertiary/aromatic N) is 1. The number of carbonyl (C=O) groups is 3. The molecule has 6 rings (SSSR count). The maximum atomic E-state index is 13.9. The second kappa shape index (κ2) is 13.1. The number of carbonyl (C=O) groups excluding carboxylic acids is 3. The number of fused-ring (bicyclic) bond motifs is 3. The second-order valence-electron chi connectivity index (χ2n) is 15.1. The van der Waals surface area contributed by atoms with Gasteiger partial charge in [-0.25, -0.2) is 0 Å². The summed E-state index contributed by atoms with van der Waals surface area (Å²) in [6, 6.07) is 23.4. The number of amides is 3. The molecule has 0 aliphatic heterocycles. The average molecular weight is 622 g/mol. The molecule has 3 amide bonds. The molecule has 0 heterocycles. The lowest BCUT2D eigenvalue weighted by atomic mass is 9.53. The topological polar surface area (TPSA) is 78.5 Å². The normalized spacial score (nSPS) is 21.5. The highest BCUT2D eigenvalue weighted by Crippen LogP contribution is 2.57. The van der Waals surface area contributed by atoms with Crippen molar-refractivity contribution in [3.05, 3.63) is 95.1 Å². The van der Waals surface area contributed by atoms with Crippen LogP contribution in [0.3, 0.4) is 0 Å². The van der Waals surface area contributed by atoms with E-state index >= 15 is 0 Å². The standard InChI is InChI=1S/C40H51N3O3/c1-27(2)43(7)36(45)34(30-13-9-8-10-14-30)42-37(46)40-23-20-39(21-24-40,22-25-40)26-41-35(44)32-15-11-12-28(3)33(32)29-16-18-31(19-17-29)38(4,5)6/h8-19,27,34H,20-26H2,1-7H3,(H,41,44)(H,42,46)/t34-,39?,40?/m0/s1. The average Bonchev–Trinajstić information content (AvgIpc) is 3.06. The van der Waals surface area contributed by atoms with Gasteiger partial charge in [-0.3, -0.25) is 14.4 Å². The predicted molar refractivity (Wildman–Crippen MR) is 185 cm³/mol. The zero-order chi connectivity index (χ0) is 33.3. The smallest absolute Gasteiger partial charge is 0.251 e. The van der Waals surface area contributed by atoms with E-state index in [1.807, 2.05) is 56.3 Å². The molecule has 6 nitrogen and oxygen atoms in total. The van der Waals surface area contributed by atoms with Crippen molar-refractivity contribution in [2.24, 2.45) is 10.8 Å². The summed E-state index contributed by atoms with van der Waals surface area (Å²) >= 11 is 0. The van der Waals surface area contributed by atoms with Crippen LogP contribution < -0.4 is 10.6 Å². The molecule has 3 aliphatic rings. The summed E-state index contributed by atoms with van der Waals surface area (Å²) in [5, 5.41) is 6.48. The first-order valence-corrected chi connectivity index (χ1v) is 16.9. The zero-order valence-electron chi connectivity index (χ0n) is 28.7. The van der Waals surface area contributed by atoms with Gasteiger partial charge in [0.2, 0.25) is 11.8 Å². The summed E-state index contributed by atoms with van der Waals surface area (Å²) in [5.74, 6) is -0.173. The summed E-state index contributed by atoms with van der Waals surface area (Å²) in [7, 11) is 1.79. The summed E-state index contributed by atoms with van der Waals surface area (Å²) in [6.45, 7) is 13.2. The first kappa shape index (κ1) is 33.4. The summed E-state index contributed by atoms with van der Waals surface area (Å²) in [5.41, 5.74) is 5.44. The third-order valence-electron chi connectivity index (χ3n) is 10.8. The van der Waals surface area contributed by atoms with Gasteiger partial charge in [-0.1, -0.05) is 87.5 Å². The van der Waals surface area contributed by atoms with Crippen molar-refractivity contribution < 1.29 is 14.4 Å². The van der Waals surface area contributed by atoms with Gasteiger partial charge in [0.15, 0.2) is 0 Å². The van der Waals surface area contributed by atoms with Crippen molar-refractivity contribution in [3.8, 4) is 11.1 Å². The van der Waals surface area contributed by atoms with E-state index in [-0.39, 0.29) is 34.6 Å². The Bertz CT molecular complexity index is 1540. The van der Waals surface area contributed by atoms with E-state index in [1.165, 1.54) is 5.56 Å². The molecule has 3 aliphatic carbocycles. The number of rotatable bonds is 9. The largest absolute Gasteiger partial charge is 0.351 e. The maximum absolute atomic E-state index is 13.9. The molecule has 3 saturated carbocycles. The molecule has 6 heteroatoms. The Morgan fingerprint density at radius 2 is 1.43 bits per heavy atom. The fraction of sp³-hybridized carbons (Fsp3) is 0.475. The van der Waals surface area contributed by atoms with Crippen molar-refractivity contribution in [2.75, 3.05) is 13.6 Å². The first-order chi connectivity index (χ1) is 21.8. The van der Waals surface area contributed by atoms with E-state index in [0.717, 1.165) is 60.8 Å². The van der Waals surface area contributed by atoms with Crippen molar-refractivity contribution in [1.82, 2.24) is 15.5 Å². The van der Waals surface area contributed by atoms with Crippen molar-refractivity contribution in [1.29, 1.82) is 0 Å². The number of nitrogens with one attached hydrogen (secondary N) is 2. The van der Waals surface area contributed by atoms with Crippen LogP contribution in [0.5, 0.6) is 0 Å². The lowest BCUT2D eigenvalue weighted by molar-refractivity contribution is -0.145. The fourth-order valence-electron chi connectivity index (χ4n) is 7.28. The number of likely N-dealkylation sites (N-methyl/N-ethyl adjacent to an activating group) is 1.